The number of rotatable bonds is 6. The molecule has 3 heterocycles. The first-order chi connectivity index (χ1) is 10.4. The van der Waals surface area contributed by atoms with Crippen molar-refractivity contribution in [1.82, 2.24) is 25.1 Å². The van der Waals surface area contributed by atoms with Gasteiger partial charge in [-0.3, -0.25) is 15.0 Å². The van der Waals surface area contributed by atoms with Gasteiger partial charge < -0.3 is 4.74 Å². The molecule has 0 amide bonds. The van der Waals surface area contributed by atoms with Gasteiger partial charge in [-0.1, -0.05) is 11.8 Å². The van der Waals surface area contributed by atoms with E-state index in [-0.39, 0.29) is 0 Å². The van der Waals surface area contributed by atoms with Gasteiger partial charge in [0, 0.05) is 36.8 Å². The number of pyridine rings is 1. The van der Waals surface area contributed by atoms with Crippen LogP contribution in [-0.4, -0.2) is 63.7 Å². The van der Waals surface area contributed by atoms with E-state index in [4.69, 9.17) is 4.74 Å². The standard InChI is InChI=1S/C14H19N5OS/c1-3-12(11-15-4-1)13-16-14(18-17-13)21-10-2-5-19-6-8-20-9-7-19/h1,3-4,11H,2,5-10H2,(H,16,17,18). The van der Waals surface area contributed by atoms with E-state index in [9.17, 15) is 0 Å². The molecule has 3 rings (SSSR count). The van der Waals surface area contributed by atoms with Crippen molar-refractivity contribution in [3.63, 3.8) is 0 Å². The largest absolute Gasteiger partial charge is 0.379 e. The Morgan fingerprint density at radius 1 is 1.33 bits per heavy atom. The molecule has 112 valence electrons. The Morgan fingerprint density at radius 3 is 3.05 bits per heavy atom. The fourth-order valence-corrected chi connectivity index (χ4v) is 2.94. The zero-order chi connectivity index (χ0) is 14.3. The normalized spacial score (nSPS) is 16.2. The molecule has 1 N–H and O–H groups in total. The molecule has 0 radical (unpaired) electrons. The summed E-state index contributed by atoms with van der Waals surface area (Å²) in [6.45, 7) is 4.95. The Labute approximate surface area is 128 Å². The van der Waals surface area contributed by atoms with Crippen LogP contribution in [0.4, 0.5) is 0 Å². The molecule has 21 heavy (non-hydrogen) atoms. The van der Waals surface area contributed by atoms with Crippen LogP contribution >= 0.6 is 11.8 Å². The maximum Gasteiger partial charge on any atom is 0.208 e. The molecular weight excluding hydrogens is 286 g/mol. The van der Waals surface area contributed by atoms with E-state index in [1.807, 2.05) is 12.1 Å². The minimum absolute atomic E-state index is 0.777. The topological polar surface area (TPSA) is 66.9 Å². The van der Waals surface area contributed by atoms with Crippen LogP contribution in [0.25, 0.3) is 11.4 Å². The van der Waals surface area contributed by atoms with Crippen molar-refractivity contribution < 1.29 is 4.74 Å². The fraction of sp³-hybridized carbons (Fsp3) is 0.500. The molecule has 0 atom stereocenters. The Morgan fingerprint density at radius 2 is 2.24 bits per heavy atom. The van der Waals surface area contributed by atoms with Gasteiger partial charge in [0.15, 0.2) is 5.82 Å². The van der Waals surface area contributed by atoms with Crippen LogP contribution in [0, 0.1) is 0 Å². The van der Waals surface area contributed by atoms with E-state index < -0.39 is 0 Å². The number of ether oxygens (including phenoxy) is 1. The molecule has 2 aromatic rings. The molecule has 7 heteroatoms. The second-order valence-electron chi connectivity index (χ2n) is 4.86. The first-order valence-electron chi connectivity index (χ1n) is 7.17. The monoisotopic (exact) mass is 305 g/mol. The molecule has 0 spiro atoms. The van der Waals surface area contributed by atoms with E-state index in [1.54, 1.807) is 24.2 Å². The number of aromatic amines is 1. The van der Waals surface area contributed by atoms with Gasteiger partial charge in [0.05, 0.1) is 13.2 Å². The highest BCUT2D eigenvalue weighted by atomic mass is 32.2. The highest BCUT2D eigenvalue weighted by molar-refractivity contribution is 7.99. The molecule has 1 fully saturated rings. The number of aromatic nitrogens is 4. The minimum atomic E-state index is 0.777. The zero-order valence-electron chi connectivity index (χ0n) is 11.9. The molecule has 1 aliphatic heterocycles. The van der Waals surface area contributed by atoms with Gasteiger partial charge in [-0.05, 0) is 25.1 Å². The van der Waals surface area contributed by atoms with E-state index in [2.05, 4.69) is 25.1 Å². The molecule has 0 saturated carbocycles. The molecule has 0 bridgehead atoms. The summed E-state index contributed by atoms with van der Waals surface area (Å²) in [5.41, 5.74) is 0.963. The van der Waals surface area contributed by atoms with Crippen LogP contribution in [0.2, 0.25) is 0 Å². The maximum atomic E-state index is 5.34. The van der Waals surface area contributed by atoms with Crippen LogP contribution < -0.4 is 0 Å². The number of H-pyrrole nitrogens is 1. The lowest BCUT2D eigenvalue weighted by molar-refractivity contribution is 0.0381. The van der Waals surface area contributed by atoms with Crippen molar-refractivity contribution in [2.24, 2.45) is 0 Å². The van der Waals surface area contributed by atoms with Crippen LogP contribution in [0.5, 0.6) is 0 Å². The van der Waals surface area contributed by atoms with Gasteiger partial charge >= 0.3 is 0 Å². The average Bonchev–Trinajstić information content (AvgIpc) is 3.02. The average molecular weight is 305 g/mol. The summed E-state index contributed by atoms with van der Waals surface area (Å²) in [5.74, 6) is 1.81. The summed E-state index contributed by atoms with van der Waals surface area (Å²) >= 11 is 1.69. The van der Waals surface area contributed by atoms with Crippen molar-refractivity contribution in [2.75, 3.05) is 38.6 Å². The van der Waals surface area contributed by atoms with Gasteiger partial charge in [0.25, 0.3) is 0 Å². The van der Waals surface area contributed by atoms with Gasteiger partial charge in [-0.2, -0.15) is 0 Å². The van der Waals surface area contributed by atoms with Crippen molar-refractivity contribution >= 4 is 11.8 Å². The van der Waals surface area contributed by atoms with Crippen molar-refractivity contribution in [2.45, 2.75) is 11.6 Å². The lowest BCUT2D eigenvalue weighted by Crippen LogP contribution is -2.36. The Bertz CT molecular complexity index is 541. The van der Waals surface area contributed by atoms with E-state index in [1.165, 1.54) is 0 Å². The molecular formula is C14H19N5OS. The summed E-state index contributed by atoms with van der Waals surface area (Å²) in [6, 6.07) is 3.87. The summed E-state index contributed by atoms with van der Waals surface area (Å²) in [4.78, 5) is 11.0. The quantitative estimate of drug-likeness (QED) is 0.647. The fourth-order valence-electron chi connectivity index (χ4n) is 2.22. The van der Waals surface area contributed by atoms with Gasteiger partial charge in [-0.25, -0.2) is 4.98 Å². The third kappa shape index (κ3) is 4.26. The number of hydrogen-bond donors (Lipinski definition) is 1. The van der Waals surface area contributed by atoms with Crippen LogP contribution in [0.1, 0.15) is 6.42 Å². The zero-order valence-corrected chi connectivity index (χ0v) is 12.7. The molecule has 2 aromatic heterocycles. The predicted molar refractivity (Wildman–Crippen MR) is 82.2 cm³/mol. The lowest BCUT2D eigenvalue weighted by Gasteiger charge is -2.26. The first kappa shape index (κ1) is 14.5. The summed E-state index contributed by atoms with van der Waals surface area (Å²) in [7, 11) is 0. The number of hydrogen-bond acceptors (Lipinski definition) is 6. The summed E-state index contributed by atoms with van der Waals surface area (Å²) in [6.07, 6.45) is 4.68. The molecule has 0 unspecified atom stereocenters. The number of nitrogens with one attached hydrogen (secondary N) is 1. The van der Waals surface area contributed by atoms with Crippen molar-refractivity contribution in [1.29, 1.82) is 0 Å². The van der Waals surface area contributed by atoms with Gasteiger partial charge in [-0.15, -0.1) is 5.10 Å². The third-order valence-corrected chi connectivity index (χ3v) is 4.29. The summed E-state index contributed by atoms with van der Waals surface area (Å²) in [5, 5.41) is 8.01. The van der Waals surface area contributed by atoms with E-state index >= 15 is 0 Å². The number of nitrogens with zero attached hydrogens (tertiary/aromatic N) is 4. The van der Waals surface area contributed by atoms with E-state index in [0.29, 0.717) is 0 Å². The minimum Gasteiger partial charge on any atom is -0.379 e. The Balaban J connectivity index is 1.42. The molecule has 0 aromatic carbocycles. The second-order valence-corrected chi connectivity index (χ2v) is 5.93. The van der Waals surface area contributed by atoms with Crippen molar-refractivity contribution in [3.8, 4) is 11.4 Å². The predicted octanol–water partition coefficient (Wildman–Crippen LogP) is 1.68. The number of thioether (sulfide) groups is 1. The Kier molecular flexibility index (Phi) is 5.20. The molecule has 0 aliphatic carbocycles. The first-order valence-corrected chi connectivity index (χ1v) is 8.16. The van der Waals surface area contributed by atoms with Gasteiger partial charge in [0.1, 0.15) is 0 Å². The second kappa shape index (κ2) is 7.53. The van der Waals surface area contributed by atoms with Crippen LogP contribution in [0.3, 0.4) is 0 Å². The van der Waals surface area contributed by atoms with Crippen LogP contribution in [0.15, 0.2) is 29.7 Å². The highest BCUT2D eigenvalue weighted by Crippen LogP contribution is 2.18. The van der Waals surface area contributed by atoms with Gasteiger partial charge in [0.2, 0.25) is 5.16 Å². The molecule has 6 nitrogen and oxygen atoms in total. The van der Waals surface area contributed by atoms with Crippen LogP contribution in [-0.2, 0) is 4.74 Å². The molecule has 1 saturated heterocycles. The maximum absolute atomic E-state index is 5.34. The SMILES string of the molecule is c1cncc(-c2nc(SCCCN3CCOCC3)n[nH]2)c1. The summed E-state index contributed by atoms with van der Waals surface area (Å²) < 4.78 is 5.34. The van der Waals surface area contributed by atoms with E-state index in [0.717, 1.165) is 61.6 Å². The third-order valence-electron chi connectivity index (χ3n) is 3.35. The molecule has 1 aliphatic rings. The lowest BCUT2D eigenvalue weighted by atomic mass is 10.3. The number of morpholine rings is 1. The van der Waals surface area contributed by atoms with Crippen molar-refractivity contribution in [3.05, 3.63) is 24.5 Å². The Hall–Kier alpha value is -1.44. The smallest absolute Gasteiger partial charge is 0.208 e. The highest BCUT2D eigenvalue weighted by Gasteiger charge is 2.10.